The Hall–Kier alpha value is -2.88. The molecule has 1 aromatic carbocycles. The summed E-state index contributed by atoms with van der Waals surface area (Å²) in [6.45, 7) is 0. The molecule has 1 rings (SSSR count). The van der Waals surface area contributed by atoms with Gasteiger partial charge in [-0.25, -0.2) is 4.79 Å². The van der Waals surface area contributed by atoms with Gasteiger partial charge in [-0.1, -0.05) is 12.1 Å². The highest BCUT2D eigenvalue weighted by atomic mass is 16.4. The number of hydrogen-bond acceptors (Lipinski definition) is 5. The maximum absolute atomic E-state index is 11.2. The molecule has 0 spiro atoms. The van der Waals surface area contributed by atoms with Crippen molar-refractivity contribution < 1.29 is 14.7 Å². The van der Waals surface area contributed by atoms with Crippen LogP contribution >= 0.6 is 0 Å². The first-order valence-electron chi connectivity index (χ1n) is 4.88. The summed E-state index contributed by atoms with van der Waals surface area (Å²) in [6, 6.07) is 7.62. The fourth-order valence-electron chi connectivity index (χ4n) is 1.13. The van der Waals surface area contributed by atoms with E-state index < -0.39 is 17.6 Å². The zero-order chi connectivity index (χ0) is 13.5. The van der Waals surface area contributed by atoms with Gasteiger partial charge in [-0.15, -0.1) is 0 Å². The second-order valence-electron chi connectivity index (χ2n) is 3.11. The zero-order valence-electron chi connectivity index (χ0n) is 9.47. The van der Waals surface area contributed by atoms with Crippen molar-refractivity contribution in [2.24, 2.45) is 5.10 Å². The molecule has 92 valence electrons. The van der Waals surface area contributed by atoms with Crippen molar-refractivity contribution in [1.29, 1.82) is 5.26 Å². The predicted molar refractivity (Wildman–Crippen MR) is 64.1 cm³/mol. The number of nitriles is 1. The average Bonchev–Trinajstić information content (AvgIpc) is 2.39. The molecule has 7 heteroatoms. The Morgan fingerprint density at radius 3 is 2.61 bits per heavy atom. The van der Waals surface area contributed by atoms with Crippen LogP contribution in [0.5, 0.6) is 0 Å². The maximum Gasteiger partial charge on any atom is 0.337 e. The molecule has 0 aromatic heterocycles. The third kappa shape index (κ3) is 3.05. The van der Waals surface area contributed by atoms with Crippen molar-refractivity contribution in [2.45, 2.75) is 0 Å². The third-order valence-corrected chi connectivity index (χ3v) is 1.99. The molecule has 0 unspecified atom stereocenters. The summed E-state index contributed by atoms with van der Waals surface area (Å²) in [5, 5.41) is 23.4. The SMILES string of the molecule is CNC(=O)/C(C#N)=N\Nc1ccccc1C(=O)O. The highest BCUT2D eigenvalue weighted by Gasteiger charge is 2.11. The van der Waals surface area contributed by atoms with Gasteiger partial charge in [-0.05, 0) is 12.1 Å². The number of aromatic carboxylic acids is 1. The monoisotopic (exact) mass is 246 g/mol. The van der Waals surface area contributed by atoms with E-state index in [1.165, 1.54) is 19.2 Å². The van der Waals surface area contributed by atoms with E-state index in [4.69, 9.17) is 10.4 Å². The Labute approximate surface area is 103 Å². The number of carbonyl (C=O) groups is 2. The number of para-hydroxylation sites is 1. The van der Waals surface area contributed by atoms with Gasteiger partial charge in [-0.2, -0.15) is 10.4 Å². The molecule has 0 saturated heterocycles. The first-order valence-corrected chi connectivity index (χ1v) is 4.88. The minimum absolute atomic E-state index is 0.00422. The van der Waals surface area contributed by atoms with E-state index in [0.717, 1.165) is 0 Å². The summed E-state index contributed by atoms with van der Waals surface area (Å²) in [5.74, 6) is -1.79. The first kappa shape index (κ1) is 13.2. The van der Waals surface area contributed by atoms with E-state index in [1.807, 2.05) is 0 Å². The molecule has 18 heavy (non-hydrogen) atoms. The summed E-state index contributed by atoms with van der Waals surface area (Å²) in [4.78, 5) is 22.1. The minimum atomic E-state index is -1.13. The summed E-state index contributed by atoms with van der Waals surface area (Å²) < 4.78 is 0. The quantitative estimate of drug-likeness (QED) is 0.526. The molecule has 0 aliphatic rings. The standard InChI is InChI=1S/C11H10N4O3/c1-13-10(16)9(6-12)15-14-8-5-3-2-4-7(8)11(17)18/h2-5,14H,1H3,(H,13,16)(H,17,18)/b15-9-. The van der Waals surface area contributed by atoms with Gasteiger partial charge in [-0.3, -0.25) is 10.2 Å². The van der Waals surface area contributed by atoms with Crippen molar-refractivity contribution in [2.75, 3.05) is 12.5 Å². The molecule has 0 saturated carbocycles. The highest BCUT2D eigenvalue weighted by Crippen LogP contribution is 2.14. The average molecular weight is 246 g/mol. The highest BCUT2D eigenvalue weighted by molar-refractivity contribution is 6.45. The van der Waals surface area contributed by atoms with E-state index >= 15 is 0 Å². The molecule has 7 nitrogen and oxygen atoms in total. The van der Waals surface area contributed by atoms with Crippen molar-refractivity contribution >= 4 is 23.3 Å². The molecular formula is C11H10N4O3. The maximum atomic E-state index is 11.2. The van der Waals surface area contributed by atoms with Crippen molar-refractivity contribution in [3.8, 4) is 6.07 Å². The third-order valence-electron chi connectivity index (χ3n) is 1.99. The van der Waals surface area contributed by atoms with Crippen LogP contribution in [-0.2, 0) is 4.79 Å². The van der Waals surface area contributed by atoms with Crippen molar-refractivity contribution in [3.63, 3.8) is 0 Å². The zero-order valence-corrected chi connectivity index (χ0v) is 9.47. The second kappa shape index (κ2) is 6.00. The molecule has 0 aliphatic carbocycles. The van der Waals surface area contributed by atoms with Crippen LogP contribution in [0.1, 0.15) is 10.4 Å². The number of amides is 1. The number of rotatable bonds is 4. The summed E-state index contributed by atoms with van der Waals surface area (Å²) >= 11 is 0. The van der Waals surface area contributed by atoms with Gasteiger partial charge in [0.2, 0.25) is 5.71 Å². The fourth-order valence-corrected chi connectivity index (χ4v) is 1.13. The molecule has 1 amide bonds. The van der Waals surface area contributed by atoms with E-state index in [-0.39, 0.29) is 11.3 Å². The Kier molecular flexibility index (Phi) is 4.40. The number of benzene rings is 1. The molecular weight excluding hydrogens is 236 g/mol. The Morgan fingerprint density at radius 2 is 2.06 bits per heavy atom. The van der Waals surface area contributed by atoms with Crippen LogP contribution in [0.4, 0.5) is 5.69 Å². The van der Waals surface area contributed by atoms with Gasteiger partial charge in [0, 0.05) is 7.05 Å². The van der Waals surface area contributed by atoms with Crippen LogP contribution in [0.2, 0.25) is 0 Å². The molecule has 0 heterocycles. The lowest BCUT2D eigenvalue weighted by Crippen LogP contribution is -2.27. The van der Waals surface area contributed by atoms with E-state index in [2.05, 4.69) is 15.8 Å². The number of hydrogen-bond donors (Lipinski definition) is 3. The predicted octanol–water partition coefficient (Wildman–Crippen LogP) is 0.422. The van der Waals surface area contributed by atoms with Gasteiger partial charge in [0.15, 0.2) is 0 Å². The molecule has 1 aromatic rings. The summed E-state index contributed by atoms with van der Waals surface area (Å²) in [6.07, 6.45) is 0. The van der Waals surface area contributed by atoms with Gasteiger partial charge >= 0.3 is 5.97 Å². The van der Waals surface area contributed by atoms with E-state index in [9.17, 15) is 9.59 Å². The summed E-state index contributed by atoms with van der Waals surface area (Å²) in [7, 11) is 1.36. The number of nitrogens with one attached hydrogen (secondary N) is 2. The largest absolute Gasteiger partial charge is 0.478 e. The van der Waals surface area contributed by atoms with Gasteiger partial charge in [0.05, 0.1) is 11.3 Å². The van der Waals surface area contributed by atoms with Crippen molar-refractivity contribution in [1.82, 2.24) is 5.32 Å². The normalized spacial score (nSPS) is 10.3. The number of nitrogens with zero attached hydrogens (tertiary/aromatic N) is 2. The second-order valence-corrected chi connectivity index (χ2v) is 3.11. The van der Waals surface area contributed by atoms with E-state index in [1.54, 1.807) is 18.2 Å². The molecule has 0 fully saturated rings. The van der Waals surface area contributed by atoms with Crippen LogP contribution in [0.15, 0.2) is 29.4 Å². The molecule has 3 N–H and O–H groups in total. The van der Waals surface area contributed by atoms with E-state index in [0.29, 0.717) is 0 Å². The number of carboxylic acid groups (broad SMARTS) is 1. The Morgan fingerprint density at radius 1 is 1.39 bits per heavy atom. The number of anilines is 1. The number of carbonyl (C=O) groups excluding carboxylic acids is 1. The number of hydrazone groups is 1. The lowest BCUT2D eigenvalue weighted by Gasteiger charge is -2.04. The minimum Gasteiger partial charge on any atom is -0.478 e. The summed E-state index contributed by atoms with van der Waals surface area (Å²) in [5.41, 5.74) is 2.19. The Balaban J connectivity index is 2.99. The van der Waals surface area contributed by atoms with Gasteiger partial charge in [0.1, 0.15) is 6.07 Å². The first-order chi connectivity index (χ1) is 8.60. The smallest absolute Gasteiger partial charge is 0.337 e. The number of carboxylic acids is 1. The molecule has 0 atom stereocenters. The van der Waals surface area contributed by atoms with Crippen LogP contribution in [0.25, 0.3) is 0 Å². The molecule has 0 bridgehead atoms. The topological polar surface area (TPSA) is 115 Å². The van der Waals surface area contributed by atoms with Crippen LogP contribution in [0, 0.1) is 11.3 Å². The van der Waals surface area contributed by atoms with Crippen LogP contribution < -0.4 is 10.7 Å². The van der Waals surface area contributed by atoms with Gasteiger partial charge < -0.3 is 10.4 Å². The van der Waals surface area contributed by atoms with Crippen molar-refractivity contribution in [3.05, 3.63) is 29.8 Å². The molecule has 0 radical (unpaired) electrons. The van der Waals surface area contributed by atoms with Crippen LogP contribution in [-0.4, -0.2) is 29.7 Å². The Bertz CT molecular complexity index is 545. The lowest BCUT2D eigenvalue weighted by atomic mass is 10.2. The van der Waals surface area contributed by atoms with Crippen LogP contribution in [0.3, 0.4) is 0 Å². The lowest BCUT2D eigenvalue weighted by molar-refractivity contribution is -0.114. The van der Waals surface area contributed by atoms with Gasteiger partial charge in [0.25, 0.3) is 5.91 Å². The fraction of sp³-hybridized carbons (Fsp3) is 0.0909. The molecule has 0 aliphatic heterocycles.